The van der Waals surface area contributed by atoms with Crippen molar-refractivity contribution in [1.29, 1.82) is 0 Å². The van der Waals surface area contributed by atoms with Crippen molar-refractivity contribution >= 4 is 69.7 Å². The fraction of sp³-hybridized carbons (Fsp3) is 0.357. The molecule has 1 rings (SSSR count). The molecule has 1 aromatic carbocycles. The molecule has 0 heterocycles. The lowest BCUT2D eigenvalue weighted by Crippen LogP contribution is -2.56. The van der Waals surface area contributed by atoms with Gasteiger partial charge in [-0.15, -0.1) is 0 Å². The fourth-order valence-electron chi connectivity index (χ4n) is 1.50. The molecule has 0 spiro atoms. The third-order valence-electron chi connectivity index (χ3n) is 2.80. The Kier molecular flexibility index (Phi) is 7.54. The van der Waals surface area contributed by atoms with E-state index >= 15 is 0 Å². The van der Waals surface area contributed by atoms with Crippen LogP contribution >= 0.6 is 47.0 Å². The van der Waals surface area contributed by atoms with E-state index in [1.165, 1.54) is 24.3 Å². The summed E-state index contributed by atoms with van der Waals surface area (Å²) in [7, 11) is 0. The summed E-state index contributed by atoms with van der Waals surface area (Å²) in [6, 6.07) is 5.91. The number of carboxylic acids is 1. The van der Waals surface area contributed by atoms with E-state index in [4.69, 9.17) is 52.1 Å². The van der Waals surface area contributed by atoms with E-state index in [1.54, 1.807) is 13.8 Å². The second kappa shape index (κ2) is 8.71. The first kappa shape index (κ1) is 20.8. The summed E-state index contributed by atoms with van der Waals surface area (Å²) in [5.74, 6) is -1.64. The number of alkyl halides is 3. The summed E-state index contributed by atoms with van der Waals surface area (Å²) in [6.45, 7) is 3.40. The van der Waals surface area contributed by atoms with Crippen molar-refractivity contribution in [3.8, 4) is 0 Å². The molecule has 0 aromatic heterocycles. The van der Waals surface area contributed by atoms with Crippen LogP contribution < -0.4 is 16.0 Å². The van der Waals surface area contributed by atoms with Gasteiger partial charge in [-0.2, -0.15) is 0 Å². The van der Waals surface area contributed by atoms with Crippen molar-refractivity contribution in [3.05, 3.63) is 29.8 Å². The van der Waals surface area contributed by atoms with Crippen LogP contribution in [0.2, 0.25) is 0 Å². The highest BCUT2D eigenvalue weighted by atomic mass is 35.6. The van der Waals surface area contributed by atoms with Gasteiger partial charge in [-0.25, -0.2) is 4.79 Å². The molecule has 0 aliphatic rings. The Balaban J connectivity index is 2.74. The van der Waals surface area contributed by atoms with E-state index in [1.807, 2.05) is 0 Å². The number of anilines is 1. The van der Waals surface area contributed by atoms with E-state index in [0.29, 0.717) is 5.69 Å². The summed E-state index contributed by atoms with van der Waals surface area (Å²) in [6.07, 6.45) is -1.05. The number of aromatic carboxylic acids is 1. The van der Waals surface area contributed by atoms with Gasteiger partial charge in [0, 0.05) is 11.6 Å². The topological polar surface area (TPSA) is 90.5 Å². The maximum Gasteiger partial charge on any atom is 0.335 e. The summed E-state index contributed by atoms with van der Waals surface area (Å²) < 4.78 is -1.83. The molecule has 1 amide bonds. The molecule has 1 atom stereocenters. The second-order valence-electron chi connectivity index (χ2n) is 5.12. The third-order valence-corrected chi connectivity index (χ3v) is 3.68. The Bertz CT molecular complexity index is 618. The van der Waals surface area contributed by atoms with Crippen LogP contribution in [0.4, 0.5) is 5.69 Å². The number of amides is 1. The van der Waals surface area contributed by atoms with Gasteiger partial charge >= 0.3 is 5.97 Å². The smallest absolute Gasteiger partial charge is 0.335 e. The molecule has 0 aliphatic carbocycles. The van der Waals surface area contributed by atoms with E-state index in [9.17, 15) is 9.59 Å². The number of benzene rings is 1. The highest BCUT2D eigenvalue weighted by Crippen LogP contribution is 2.29. The molecule has 0 aliphatic heterocycles. The van der Waals surface area contributed by atoms with Crippen LogP contribution in [0.15, 0.2) is 24.3 Å². The van der Waals surface area contributed by atoms with Gasteiger partial charge in [-0.05, 0) is 36.5 Å². The van der Waals surface area contributed by atoms with E-state index in [0.717, 1.165) is 0 Å². The zero-order valence-corrected chi connectivity index (χ0v) is 15.9. The predicted molar refractivity (Wildman–Crippen MR) is 99.8 cm³/mol. The average molecular weight is 413 g/mol. The third kappa shape index (κ3) is 6.68. The average Bonchev–Trinajstić information content (AvgIpc) is 2.45. The first-order valence-electron chi connectivity index (χ1n) is 6.78. The predicted octanol–water partition coefficient (Wildman–Crippen LogP) is 3.14. The molecule has 0 unspecified atom stereocenters. The first-order valence-corrected chi connectivity index (χ1v) is 8.33. The minimum Gasteiger partial charge on any atom is -0.478 e. The Morgan fingerprint density at radius 2 is 1.67 bits per heavy atom. The van der Waals surface area contributed by atoms with Crippen molar-refractivity contribution in [1.82, 2.24) is 10.6 Å². The highest BCUT2D eigenvalue weighted by Gasteiger charge is 2.35. The van der Waals surface area contributed by atoms with Crippen molar-refractivity contribution in [2.24, 2.45) is 5.92 Å². The number of carbonyl (C=O) groups is 2. The van der Waals surface area contributed by atoms with Gasteiger partial charge in [0.2, 0.25) is 9.70 Å². The number of carbonyl (C=O) groups excluding carboxylic acids is 1. The van der Waals surface area contributed by atoms with Crippen LogP contribution in [0, 0.1) is 5.92 Å². The number of halogens is 3. The van der Waals surface area contributed by atoms with Gasteiger partial charge in [0.15, 0.2) is 5.11 Å². The number of rotatable bonds is 5. The first-order chi connectivity index (χ1) is 11.0. The van der Waals surface area contributed by atoms with E-state index in [-0.39, 0.29) is 22.5 Å². The SMILES string of the molecule is CC(C)C(=O)N[C@@H](NC(=S)Nc1ccc(C(=O)O)cc1)C(Cl)(Cl)Cl. The molecule has 1 aromatic rings. The zero-order chi connectivity index (χ0) is 18.5. The molecular formula is C14H16Cl3N3O3S. The van der Waals surface area contributed by atoms with Gasteiger partial charge in [0.25, 0.3) is 0 Å². The van der Waals surface area contributed by atoms with Crippen molar-refractivity contribution in [2.45, 2.75) is 23.8 Å². The second-order valence-corrected chi connectivity index (χ2v) is 7.90. The summed E-state index contributed by atoms with van der Waals surface area (Å²) in [4.78, 5) is 22.6. The monoisotopic (exact) mass is 411 g/mol. The Hall–Kier alpha value is -1.28. The lowest BCUT2D eigenvalue weighted by Gasteiger charge is -2.28. The molecule has 10 heteroatoms. The van der Waals surface area contributed by atoms with Crippen LogP contribution in [-0.4, -0.2) is 32.1 Å². The van der Waals surface area contributed by atoms with Crippen LogP contribution in [0.3, 0.4) is 0 Å². The molecule has 0 saturated heterocycles. The van der Waals surface area contributed by atoms with Gasteiger partial charge in [-0.1, -0.05) is 48.7 Å². The Labute approximate surface area is 159 Å². The number of hydrogen-bond donors (Lipinski definition) is 4. The normalized spacial score (nSPS) is 12.4. The minimum atomic E-state index is -1.83. The molecule has 24 heavy (non-hydrogen) atoms. The van der Waals surface area contributed by atoms with Gasteiger partial charge in [0.05, 0.1) is 5.56 Å². The van der Waals surface area contributed by atoms with Gasteiger partial charge in [-0.3, -0.25) is 4.79 Å². The molecule has 0 fully saturated rings. The summed E-state index contributed by atoms with van der Waals surface area (Å²) in [5.41, 5.74) is 0.679. The Morgan fingerprint density at radius 3 is 2.08 bits per heavy atom. The number of thiocarbonyl (C=S) groups is 1. The standard InChI is InChI=1S/C14H16Cl3N3O3S/c1-7(2)10(21)19-12(14(15,16)17)20-13(24)18-9-5-3-8(4-6-9)11(22)23/h3-7,12H,1-2H3,(H,19,21)(H,22,23)(H2,18,20,24)/t12-/m0/s1. The minimum absolute atomic E-state index is 0.0958. The molecule has 0 bridgehead atoms. The molecule has 4 N–H and O–H groups in total. The lowest BCUT2D eigenvalue weighted by molar-refractivity contribution is -0.124. The van der Waals surface area contributed by atoms with Crippen LogP contribution in [0.5, 0.6) is 0 Å². The maximum absolute atomic E-state index is 11.8. The Morgan fingerprint density at radius 1 is 1.12 bits per heavy atom. The van der Waals surface area contributed by atoms with Crippen LogP contribution in [0.25, 0.3) is 0 Å². The van der Waals surface area contributed by atoms with Crippen LogP contribution in [0.1, 0.15) is 24.2 Å². The highest BCUT2D eigenvalue weighted by molar-refractivity contribution is 7.80. The molecule has 6 nitrogen and oxygen atoms in total. The van der Waals surface area contributed by atoms with Crippen molar-refractivity contribution < 1.29 is 14.7 Å². The zero-order valence-electron chi connectivity index (χ0n) is 12.8. The number of nitrogens with one attached hydrogen (secondary N) is 3. The quantitative estimate of drug-likeness (QED) is 0.337. The maximum atomic E-state index is 11.8. The van der Waals surface area contributed by atoms with Gasteiger partial charge in [0.1, 0.15) is 6.17 Å². The van der Waals surface area contributed by atoms with E-state index < -0.39 is 15.9 Å². The molecule has 0 saturated carbocycles. The lowest BCUT2D eigenvalue weighted by atomic mass is 10.2. The number of hydrogen-bond acceptors (Lipinski definition) is 3. The van der Waals surface area contributed by atoms with E-state index in [2.05, 4.69) is 16.0 Å². The van der Waals surface area contributed by atoms with Gasteiger partial charge < -0.3 is 21.1 Å². The summed E-state index contributed by atoms with van der Waals surface area (Å²) >= 11 is 22.7. The fourth-order valence-corrected chi connectivity index (χ4v) is 2.07. The number of carboxylic acid groups (broad SMARTS) is 1. The van der Waals surface area contributed by atoms with Crippen molar-refractivity contribution in [2.75, 3.05) is 5.32 Å². The molecule has 132 valence electrons. The largest absolute Gasteiger partial charge is 0.478 e. The van der Waals surface area contributed by atoms with Crippen LogP contribution in [-0.2, 0) is 4.79 Å². The summed E-state index contributed by atoms with van der Waals surface area (Å²) in [5, 5.41) is 17.0. The molecule has 0 radical (unpaired) electrons. The van der Waals surface area contributed by atoms with Crippen molar-refractivity contribution in [3.63, 3.8) is 0 Å². The molecular weight excluding hydrogens is 397 g/mol.